The van der Waals surface area contributed by atoms with Crippen LogP contribution in [0.3, 0.4) is 0 Å². The van der Waals surface area contributed by atoms with Crippen LogP contribution in [0.2, 0.25) is 0 Å². The highest BCUT2D eigenvalue weighted by atomic mass is 16.5. The molecule has 1 heterocycles. The summed E-state index contributed by atoms with van der Waals surface area (Å²) in [5.41, 5.74) is 1.14. The molecule has 20 heavy (non-hydrogen) atoms. The van der Waals surface area contributed by atoms with Gasteiger partial charge in [-0.25, -0.2) is 4.79 Å². The van der Waals surface area contributed by atoms with E-state index in [2.05, 4.69) is 0 Å². The van der Waals surface area contributed by atoms with Gasteiger partial charge in [-0.2, -0.15) is 0 Å². The van der Waals surface area contributed by atoms with Gasteiger partial charge in [-0.15, -0.1) is 0 Å². The molecule has 1 amide bonds. The number of methoxy groups -OCH3 is 1. The quantitative estimate of drug-likeness (QED) is 0.790. The lowest BCUT2D eigenvalue weighted by atomic mass is 9.99. The van der Waals surface area contributed by atoms with Crippen molar-refractivity contribution in [1.82, 2.24) is 4.90 Å². The van der Waals surface area contributed by atoms with Crippen LogP contribution in [0.25, 0.3) is 0 Å². The second kappa shape index (κ2) is 6.55. The Hall–Kier alpha value is -1.84. The van der Waals surface area contributed by atoms with E-state index >= 15 is 0 Å². The molecule has 0 spiro atoms. The molecule has 4 heteroatoms. The number of likely N-dealkylation sites (tertiary alicyclic amines) is 1. The van der Waals surface area contributed by atoms with E-state index in [1.807, 2.05) is 37.3 Å². The predicted molar refractivity (Wildman–Crippen MR) is 76.1 cm³/mol. The number of carbonyl (C=O) groups is 2. The molecule has 1 aliphatic rings. The Kier molecular flexibility index (Phi) is 4.77. The maximum absolute atomic E-state index is 12.5. The highest BCUT2D eigenvalue weighted by Crippen LogP contribution is 2.22. The average Bonchev–Trinajstić information content (AvgIpc) is 2.96. The molecule has 1 aromatic rings. The van der Waals surface area contributed by atoms with Crippen molar-refractivity contribution in [3.05, 3.63) is 35.9 Å². The van der Waals surface area contributed by atoms with E-state index in [0.29, 0.717) is 19.4 Å². The third-order valence-electron chi connectivity index (χ3n) is 3.82. The highest BCUT2D eigenvalue weighted by molar-refractivity contribution is 5.86. The minimum absolute atomic E-state index is 0.0433. The zero-order valence-electron chi connectivity index (χ0n) is 12.0. The molecule has 0 bridgehead atoms. The number of esters is 1. The molecule has 1 saturated heterocycles. The predicted octanol–water partition coefficient (Wildman–Crippen LogP) is 2.03. The summed E-state index contributed by atoms with van der Waals surface area (Å²) in [7, 11) is 1.37. The summed E-state index contributed by atoms with van der Waals surface area (Å²) in [5.74, 6) is -0.382. The number of nitrogens with zero attached hydrogens (tertiary/aromatic N) is 1. The number of benzene rings is 1. The third kappa shape index (κ3) is 3.18. The minimum atomic E-state index is -0.397. The first-order chi connectivity index (χ1) is 9.63. The van der Waals surface area contributed by atoms with Crippen LogP contribution in [0.5, 0.6) is 0 Å². The molecule has 0 aliphatic carbocycles. The third-order valence-corrected chi connectivity index (χ3v) is 3.82. The number of ether oxygens (including phenoxy) is 1. The first-order valence-electron chi connectivity index (χ1n) is 7.05. The number of rotatable bonds is 4. The monoisotopic (exact) mass is 275 g/mol. The van der Waals surface area contributed by atoms with E-state index in [9.17, 15) is 9.59 Å². The van der Waals surface area contributed by atoms with Gasteiger partial charge in [-0.05, 0) is 24.8 Å². The molecule has 0 aromatic heterocycles. The van der Waals surface area contributed by atoms with Crippen LogP contribution in [0.4, 0.5) is 0 Å². The zero-order chi connectivity index (χ0) is 14.5. The SMILES string of the molecule is COC(=O)C1CCCN1C(=O)C(C)Cc1ccccc1. The summed E-state index contributed by atoms with van der Waals surface area (Å²) in [5, 5.41) is 0. The van der Waals surface area contributed by atoms with Crippen molar-refractivity contribution in [2.24, 2.45) is 5.92 Å². The molecule has 2 atom stereocenters. The molecule has 1 fully saturated rings. The van der Waals surface area contributed by atoms with Crippen molar-refractivity contribution >= 4 is 11.9 Å². The molecule has 108 valence electrons. The normalized spacial score (nSPS) is 19.7. The van der Waals surface area contributed by atoms with Crippen LogP contribution in [-0.4, -0.2) is 36.5 Å². The summed E-state index contributed by atoms with van der Waals surface area (Å²) in [6.07, 6.45) is 2.27. The van der Waals surface area contributed by atoms with E-state index < -0.39 is 6.04 Å². The minimum Gasteiger partial charge on any atom is -0.467 e. The number of hydrogen-bond acceptors (Lipinski definition) is 3. The van der Waals surface area contributed by atoms with Crippen LogP contribution in [0.1, 0.15) is 25.3 Å². The fourth-order valence-corrected chi connectivity index (χ4v) is 2.75. The maximum Gasteiger partial charge on any atom is 0.328 e. The molecule has 1 aliphatic heterocycles. The molecule has 2 unspecified atom stereocenters. The van der Waals surface area contributed by atoms with Crippen LogP contribution in [0, 0.1) is 5.92 Å². The van der Waals surface area contributed by atoms with Gasteiger partial charge in [-0.1, -0.05) is 37.3 Å². The van der Waals surface area contributed by atoms with Gasteiger partial charge in [0.25, 0.3) is 0 Å². The van der Waals surface area contributed by atoms with Gasteiger partial charge in [0.05, 0.1) is 7.11 Å². The Balaban J connectivity index is 2.01. The van der Waals surface area contributed by atoms with Gasteiger partial charge < -0.3 is 9.64 Å². The molecular weight excluding hydrogens is 254 g/mol. The van der Waals surface area contributed by atoms with Gasteiger partial charge in [0.15, 0.2) is 0 Å². The van der Waals surface area contributed by atoms with E-state index in [-0.39, 0.29) is 17.8 Å². The van der Waals surface area contributed by atoms with E-state index in [1.165, 1.54) is 7.11 Å². The van der Waals surface area contributed by atoms with Gasteiger partial charge in [0, 0.05) is 12.5 Å². The second-order valence-corrected chi connectivity index (χ2v) is 5.30. The maximum atomic E-state index is 12.5. The smallest absolute Gasteiger partial charge is 0.328 e. The van der Waals surface area contributed by atoms with E-state index in [4.69, 9.17) is 4.74 Å². The molecular formula is C16H21NO3. The van der Waals surface area contributed by atoms with Crippen LogP contribution in [-0.2, 0) is 20.7 Å². The Bertz CT molecular complexity index is 472. The molecule has 0 N–H and O–H groups in total. The van der Waals surface area contributed by atoms with Crippen LogP contribution < -0.4 is 0 Å². The van der Waals surface area contributed by atoms with Crippen LogP contribution >= 0.6 is 0 Å². The first-order valence-corrected chi connectivity index (χ1v) is 7.05. The summed E-state index contributed by atoms with van der Waals surface area (Å²) < 4.78 is 4.78. The fraction of sp³-hybridized carbons (Fsp3) is 0.500. The molecule has 1 aromatic carbocycles. The number of hydrogen-bond donors (Lipinski definition) is 0. The van der Waals surface area contributed by atoms with E-state index in [0.717, 1.165) is 12.0 Å². The Morgan fingerprint density at radius 2 is 2.05 bits per heavy atom. The lowest BCUT2D eigenvalue weighted by Gasteiger charge is -2.25. The van der Waals surface area contributed by atoms with Crippen molar-refractivity contribution < 1.29 is 14.3 Å². The van der Waals surface area contributed by atoms with Gasteiger partial charge >= 0.3 is 5.97 Å². The van der Waals surface area contributed by atoms with Crippen molar-refractivity contribution in [3.8, 4) is 0 Å². The Morgan fingerprint density at radius 3 is 2.70 bits per heavy atom. The largest absolute Gasteiger partial charge is 0.467 e. The zero-order valence-corrected chi connectivity index (χ0v) is 12.0. The lowest BCUT2D eigenvalue weighted by Crippen LogP contribution is -2.43. The molecule has 4 nitrogen and oxygen atoms in total. The van der Waals surface area contributed by atoms with Crippen molar-refractivity contribution in [2.45, 2.75) is 32.2 Å². The van der Waals surface area contributed by atoms with Gasteiger partial charge in [0.1, 0.15) is 6.04 Å². The standard InChI is InChI=1S/C16H21NO3/c1-12(11-13-7-4-3-5-8-13)15(18)17-10-6-9-14(17)16(19)20-2/h3-5,7-8,12,14H,6,9-11H2,1-2H3. The Labute approximate surface area is 119 Å². The number of amides is 1. The number of carbonyl (C=O) groups excluding carboxylic acids is 2. The lowest BCUT2D eigenvalue weighted by molar-refractivity contribution is -0.152. The molecule has 0 radical (unpaired) electrons. The molecule has 2 rings (SSSR count). The first kappa shape index (κ1) is 14.6. The van der Waals surface area contributed by atoms with Gasteiger partial charge in [-0.3, -0.25) is 4.79 Å². The fourth-order valence-electron chi connectivity index (χ4n) is 2.75. The highest BCUT2D eigenvalue weighted by Gasteiger charge is 2.36. The van der Waals surface area contributed by atoms with Crippen molar-refractivity contribution in [3.63, 3.8) is 0 Å². The van der Waals surface area contributed by atoms with Crippen LogP contribution in [0.15, 0.2) is 30.3 Å². The average molecular weight is 275 g/mol. The van der Waals surface area contributed by atoms with E-state index in [1.54, 1.807) is 4.90 Å². The topological polar surface area (TPSA) is 46.6 Å². The van der Waals surface area contributed by atoms with Gasteiger partial charge in [0.2, 0.25) is 5.91 Å². The van der Waals surface area contributed by atoms with Crippen molar-refractivity contribution in [1.29, 1.82) is 0 Å². The summed E-state index contributed by atoms with van der Waals surface area (Å²) in [6, 6.07) is 9.55. The Morgan fingerprint density at radius 1 is 1.35 bits per heavy atom. The summed E-state index contributed by atoms with van der Waals surface area (Å²) in [4.78, 5) is 25.9. The summed E-state index contributed by atoms with van der Waals surface area (Å²) in [6.45, 7) is 2.57. The van der Waals surface area contributed by atoms with Crippen molar-refractivity contribution in [2.75, 3.05) is 13.7 Å². The second-order valence-electron chi connectivity index (χ2n) is 5.30. The summed E-state index contributed by atoms with van der Waals surface area (Å²) >= 11 is 0. The molecule has 0 saturated carbocycles.